The van der Waals surface area contributed by atoms with Crippen molar-refractivity contribution in [2.75, 3.05) is 13.7 Å². The maximum absolute atomic E-state index is 5.53. The summed E-state index contributed by atoms with van der Waals surface area (Å²) < 4.78 is 5.53. The van der Waals surface area contributed by atoms with Gasteiger partial charge in [0.25, 0.3) is 0 Å². The van der Waals surface area contributed by atoms with E-state index in [1.54, 1.807) is 7.11 Å². The number of nitrogens with one attached hydrogen (secondary N) is 1. The van der Waals surface area contributed by atoms with Gasteiger partial charge >= 0.3 is 0 Å². The highest BCUT2D eigenvalue weighted by Crippen LogP contribution is 2.42. The van der Waals surface area contributed by atoms with E-state index >= 15 is 0 Å². The molecule has 0 amide bonds. The predicted octanol–water partition coefficient (Wildman–Crippen LogP) is 4.62. The summed E-state index contributed by atoms with van der Waals surface area (Å²) in [4.78, 5) is 1.39. The standard InChI is InChI=1S/C16H27NOS/c1-4-12-7-6-8-13(11-12)15(17-5-2)16-14(18-3)9-10-19-16/h9-10,12-13,15,17H,4-8,11H2,1-3H3. The van der Waals surface area contributed by atoms with Gasteiger partial charge in [0.1, 0.15) is 5.75 Å². The van der Waals surface area contributed by atoms with Gasteiger partial charge in [-0.15, -0.1) is 11.3 Å². The second kappa shape index (κ2) is 7.30. The number of thiophene rings is 1. The summed E-state index contributed by atoms with van der Waals surface area (Å²) in [6.45, 7) is 5.56. The number of hydrogen-bond donors (Lipinski definition) is 1. The molecule has 2 nitrogen and oxygen atoms in total. The maximum atomic E-state index is 5.53. The molecule has 108 valence electrons. The van der Waals surface area contributed by atoms with E-state index in [-0.39, 0.29) is 0 Å². The molecule has 2 rings (SSSR count). The normalized spacial score (nSPS) is 25.2. The third kappa shape index (κ3) is 3.51. The second-order valence-electron chi connectivity index (χ2n) is 5.59. The van der Waals surface area contributed by atoms with E-state index in [9.17, 15) is 0 Å². The third-order valence-corrected chi connectivity index (χ3v) is 5.44. The summed E-state index contributed by atoms with van der Waals surface area (Å²) in [5.41, 5.74) is 0. The van der Waals surface area contributed by atoms with Crippen LogP contribution < -0.4 is 10.1 Å². The van der Waals surface area contributed by atoms with Crippen molar-refractivity contribution in [3.8, 4) is 5.75 Å². The lowest BCUT2D eigenvalue weighted by Gasteiger charge is -2.34. The van der Waals surface area contributed by atoms with Gasteiger partial charge in [-0.3, -0.25) is 0 Å². The van der Waals surface area contributed by atoms with E-state index < -0.39 is 0 Å². The Morgan fingerprint density at radius 3 is 2.95 bits per heavy atom. The van der Waals surface area contributed by atoms with Gasteiger partial charge in [-0.05, 0) is 42.7 Å². The molecule has 0 radical (unpaired) electrons. The molecule has 0 aromatic carbocycles. The van der Waals surface area contributed by atoms with Crippen molar-refractivity contribution in [1.82, 2.24) is 5.32 Å². The molecular formula is C16H27NOS. The fraction of sp³-hybridized carbons (Fsp3) is 0.750. The lowest BCUT2D eigenvalue weighted by atomic mass is 9.76. The van der Waals surface area contributed by atoms with Gasteiger partial charge < -0.3 is 10.1 Å². The Morgan fingerprint density at radius 2 is 2.26 bits per heavy atom. The first-order valence-corrected chi connectivity index (χ1v) is 8.52. The minimum absolute atomic E-state index is 0.481. The summed E-state index contributed by atoms with van der Waals surface area (Å²) in [5, 5.41) is 5.86. The first-order valence-electron chi connectivity index (χ1n) is 7.64. The van der Waals surface area contributed by atoms with Crippen LogP contribution in [-0.4, -0.2) is 13.7 Å². The van der Waals surface area contributed by atoms with Gasteiger partial charge in [-0.25, -0.2) is 0 Å². The van der Waals surface area contributed by atoms with Crippen LogP contribution in [0.25, 0.3) is 0 Å². The lowest BCUT2D eigenvalue weighted by Crippen LogP contribution is -2.31. The van der Waals surface area contributed by atoms with Crippen LogP contribution >= 0.6 is 11.3 Å². The average Bonchev–Trinajstić information content (AvgIpc) is 2.93. The number of ether oxygens (including phenoxy) is 1. The zero-order chi connectivity index (χ0) is 13.7. The summed E-state index contributed by atoms with van der Waals surface area (Å²) in [5.74, 6) is 2.76. The van der Waals surface area contributed by atoms with E-state index in [0.717, 1.165) is 24.1 Å². The largest absolute Gasteiger partial charge is 0.496 e. The lowest BCUT2D eigenvalue weighted by molar-refractivity contribution is 0.210. The molecule has 1 aromatic rings. The number of methoxy groups -OCH3 is 1. The topological polar surface area (TPSA) is 21.3 Å². The van der Waals surface area contributed by atoms with Crippen molar-refractivity contribution in [3.05, 3.63) is 16.3 Å². The molecule has 1 saturated carbocycles. The van der Waals surface area contributed by atoms with Crippen molar-refractivity contribution in [3.63, 3.8) is 0 Å². The third-order valence-electron chi connectivity index (χ3n) is 4.46. The van der Waals surface area contributed by atoms with Crippen LogP contribution in [0.15, 0.2) is 11.4 Å². The van der Waals surface area contributed by atoms with Crippen molar-refractivity contribution in [2.24, 2.45) is 11.8 Å². The molecule has 3 atom stereocenters. The van der Waals surface area contributed by atoms with Gasteiger partial charge in [-0.2, -0.15) is 0 Å². The number of rotatable bonds is 6. The molecule has 0 aliphatic heterocycles. The van der Waals surface area contributed by atoms with Crippen molar-refractivity contribution >= 4 is 11.3 Å². The van der Waals surface area contributed by atoms with E-state index in [2.05, 4.69) is 30.6 Å². The smallest absolute Gasteiger partial charge is 0.134 e. The zero-order valence-electron chi connectivity index (χ0n) is 12.4. The first kappa shape index (κ1) is 14.9. The molecule has 1 aliphatic rings. The summed E-state index contributed by atoms with van der Waals surface area (Å²) in [7, 11) is 1.78. The van der Waals surface area contributed by atoms with Crippen LogP contribution in [0.4, 0.5) is 0 Å². The SMILES string of the molecule is CCNC(c1sccc1OC)C1CCCC(CC)C1. The maximum Gasteiger partial charge on any atom is 0.134 e. The van der Waals surface area contributed by atoms with Gasteiger partial charge in [0.2, 0.25) is 0 Å². The Kier molecular flexibility index (Phi) is 5.71. The Bertz CT molecular complexity index is 377. The molecule has 1 heterocycles. The molecule has 1 fully saturated rings. The summed E-state index contributed by atoms with van der Waals surface area (Å²) in [6.07, 6.45) is 6.87. The van der Waals surface area contributed by atoms with Crippen LogP contribution in [0.2, 0.25) is 0 Å². The molecule has 1 aromatic heterocycles. The highest BCUT2D eigenvalue weighted by molar-refractivity contribution is 7.10. The Morgan fingerprint density at radius 1 is 1.42 bits per heavy atom. The Balaban J connectivity index is 2.15. The molecule has 0 bridgehead atoms. The highest BCUT2D eigenvalue weighted by Gasteiger charge is 2.30. The van der Waals surface area contributed by atoms with Gasteiger partial charge in [0.15, 0.2) is 0 Å². The molecule has 0 saturated heterocycles. The fourth-order valence-electron chi connectivity index (χ4n) is 3.40. The zero-order valence-corrected chi connectivity index (χ0v) is 13.3. The van der Waals surface area contributed by atoms with E-state index in [1.165, 1.54) is 37.0 Å². The quantitative estimate of drug-likeness (QED) is 0.821. The van der Waals surface area contributed by atoms with Crippen molar-refractivity contribution in [2.45, 2.75) is 52.0 Å². The Hall–Kier alpha value is -0.540. The second-order valence-corrected chi connectivity index (χ2v) is 6.54. The van der Waals surface area contributed by atoms with E-state index in [1.807, 2.05) is 11.3 Å². The van der Waals surface area contributed by atoms with Crippen LogP contribution in [0, 0.1) is 11.8 Å². The van der Waals surface area contributed by atoms with Gasteiger partial charge in [0, 0.05) is 6.04 Å². The fourth-order valence-corrected chi connectivity index (χ4v) is 4.43. The first-order chi connectivity index (χ1) is 9.30. The van der Waals surface area contributed by atoms with Crippen molar-refractivity contribution in [1.29, 1.82) is 0 Å². The van der Waals surface area contributed by atoms with Crippen LogP contribution in [0.5, 0.6) is 5.75 Å². The monoisotopic (exact) mass is 281 g/mol. The Labute approximate surface area is 121 Å². The number of hydrogen-bond acceptors (Lipinski definition) is 3. The molecule has 1 aliphatic carbocycles. The molecule has 3 unspecified atom stereocenters. The predicted molar refractivity (Wildman–Crippen MR) is 83.0 cm³/mol. The minimum Gasteiger partial charge on any atom is -0.496 e. The van der Waals surface area contributed by atoms with Gasteiger partial charge in [0.05, 0.1) is 12.0 Å². The molecule has 3 heteroatoms. The van der Waals surface area contributed by atoms with Gasteiger partial charge in [-0.1, -0.05) is 33.1 Å². The van der Waals surface area contributed by atoms with Crippen LogP contribution in [0.1, 0.15) is 56.9 Å². The molecule has 19 heavy (non-hydrogen) atoms. The molecular weight excluding hydrogens is 254 g/mol. The minimum atomic E-state index is 0.481. The van der Waals surface area contributed by atoms with E-state index in [0.29, 0.717) is 6.04 Å². The van der Waals surface area contributed by atoms with E-state index in [4.69, 9.17) is 4.74 Å². The van der Waals surface area contributed by atoms with Crippen molar-refractivity contribution < 1.29 is 4.74 Å². The van der Waals surface area contributed by atoms with Crippen LogP contribution in [-0.2, 0) is 0 Å². The average molecular weight is 281 g/mol. The summed E-state index contributed by atoms with van der Waals surface area (Å²) >= 11 is 1.84. The molecule has 0 spiro atoms. The highest BCUT2D eigenvalue weighted by atomic mass is 32.1. The molecule has 1 N–H and O–H groups in total. The van der Waals surface area contributed by atoms with Crippen LogP contribution in [0.3, 0.4) is 0 Å². The summed E-state index contributed by atoms with van der Waals surface area (Å²) in [6, 6.07) is 2.58.